The second kappa shape index (κ2) is 9.34. The van der Waals surface area contributed by atoms with E-state index in [1.807, 2.05) is 10.7 Å². The molecule has 1 aromatic carbocycles. The molecule has 0 spiro atoms. The van der Waals surface area contributed by atoms with Gasteiger partial charge in [-0.2, -0.15) is 5.10 Å². The molecular formula is C26H35FN4O. The first-order valence-corrected chi connectivity index (χ1v) is 12.5. The lowest BCUT2D eigenvalue weighted by atomic mass is 10.0. The fourth-order valence-electron chi connectivity index (χ4n) is 5.54. The van der Waals surface area contributed by atoms with E-state index in [-0.39, 0.29) is 5.82 Å². The van der Waals surface area contributed by atoms with E-state index < -0.39 is 0 Å². The highest BCUT2D eigenvalue weighted by molar-refractivity contribution is 5.77. The molecule has 0 radical (unpaired) electrons. The number of aromatic nitrogens is 2. The van der Waals surface area contributed by atoms with Gasteiger partial charge in [0.1, 0.15) is 5.82 Å². The summed E-state index contributed by atoms with van der Waals surface area (Å²) in [4.78, 5) is 17.9. The Kier molecular flexibility index (Phi) is 6.31. The molecule has 2 fully saturated rings. The maximum Gasteiger partial charge on any atom is 0.223 e. The van der Waals surface area contributed by atoms with Crippen molar-refractivity contribution in [3.05, 3.63) is 47.0 Å². The molecule has 3 aliphatic rings. The first kappa shape index (κ1) is 21.6. The number of carbonyl (C=O) groups excluding carboxylic acids is 1. The van der Waals surface area contributed by atoms with Gasteiger partial charge in [-0.15, -0.1) is 0 Å². The van der Waals surface area contributed by atoms with Gasteiger partial charge in [-0.25, -0.2) is 9.07 Å². The van der Waals surface area contributed by atoms with E-state index in [1.165, 1.54) is 43.0 Å². The van der Waals surface area contributed by atoms with Crippen LogP contribution in [0.2, 0.25) is 0 Å². The van der Waals surface area contributed by atoms with Crippen LogP contribution in [0.4, 0.5) is 4.39 Å². The van der Waals surface area contributed by atoms with Gasteiger partial charge in [0.2, 0.25) is 5.91 Å². The molecule has 0 saturated heterocycles. The lowest BCUT2D eigenvalue weighted by Gasteiger charge is -2.28. The third kappa shape index (κ3) is 4.61. The summed E-state index contributed by atoms with van der Waals surface area (Å²) in [6.45, 7) is 5.72. The van der Waals surface area contributed by atoms with Crippen LogP contribution in [0.15, 0.2) is 24.3 Å². The monoisotopic (exact) mass is 438 g/mol. The number of nitrogens with zero attached hydrogens (tertiary/aromatic N) is 4. The molecule has 1 amide bonds. The number of hydrogen-bond acceptors (Lipinski definition) is 3. The molecule has 1 aromatic heterocycles. The molecule has 172 valence electrons. The van der Waals surface area contributed by atoms with Gasteiger partial charge in [0.15, 0.2) is 0 Å². The molecule has 5 rings (SSSR count). The summed E-state index contributed by atoms with van der Waals surface area (Å²) in [7, 11) is 0. The predicted octanol–water partition coefficient (Wildman–Crippen LogP) is 4.85. The van der Waals surface area contributed by atoms with Gasteiger partial charge in [-0.05, 0) is 62.8 Å². The summed E-state index contributed by atoms with van der Waals surface area (Å²) in [5.41, 5.74) is 4.19. The van der Waals surface area contributed by atoms with Crippen LogP contribution in [0.3, 0.4) is 0 Å². The largest absolute Gasteiger partial charge is 0.334 e. The van der Waals surface area contributed by atoms with Crippen LogP contribution in [-0.2, 0) is 24.3 Å². The minimum absolute atomic E-state index is 0.247. The van der Waals surface area contributed by atoms with Crippen LogP contribution < -0.4 is 0 Å². The van der Waals surface area contributed by atoms with Gasteiger partial charge < -0.3 is 4.90 Å². The average Bonchev–Trinajstić information content (AvgIpc) is 3.37. The maximum absolute atomic E-state index is 14.0. The molecule has 0 unspecified atom stereocenters. The third-order valence-electron chi connectivity index (χ3n) is 7.38. The highest BCUT2D eigenvalue weighted by Crippen LogP contribution is 2.34. The Morgan fingerprint density at radius 2 is 2.03 bits per heavy atom. The zero-order valence-electron chi connectivity index (χ0n) is 19.2. The zero-order chi connectivity index (χ0) is 22.1. The minimum atomic E-state index is -0.247. The predicted molar refractivity (Wildman–Crippen MR) is 123 cm³/mol. The molecule has 0 atom stereocenters. The summed E-state index contributed by atoms with van der Waals surface area (Å²) >= 11 is 0. The van der Waals surface area contributed by atoms with Crippen molar-refractivity contribution in [3.8, 4) is 5.69 Å². The van der Waals surface area contributed by atoms with Gasteiger partial charge in [0.25, 0.3) is 0 Å². The van der Waals surface area contributed by atoms with Crippen LogP contribution >= 0.6 is 0 Å². The normalized spacial score (nSPS) is 19.3. The summed E-state index contributed by atoms with van der Waals surface area (Å²) in [6.07, 6.45) is 9.83. The van der Waals surface area contributed by atoms with Crippen LogP contribution in [0.5, 0.6) is 0 Å². The highest BCUT2D eigenvalue weighted by atomic mass is 19.1. The summed E-state index contributed by atoms with van der Waals surface area (Å²) in [6, 6.07) is 7.06. The highest BCUT2D eigenvalue weighted by Gasteiger charge is 2.36. The van der Waals surface area contributed by atoms with Crippen molar-refractivity contribution in [1.29, 1.82) is 0 Å². The summed E-state index contributed by atoms with van der Waals surface area (Å²) in [5.74, 6) is 0.611. The topological polar surface area (TPSA) is 41.4 Å². The molecule has 6 heteroatoms. The van der Waals surface area contributed by atoms with Crippen molar-refractivity contribution in [2.45, 2.75) is 83.8 Å². The number of hydrogen-bond donors (Lipinski definition) is 0. The molecule has 2 heterocycles. The van der Waals surface area contributed by atoms with Crippen molar-refractivity contribution >= 4 is 5.91 Å². The molecule has 0 N–H and O–H groups in total. The molecular weight excluding hydrogens is 403 g/mol. The van der Waals surface area contributed by atoms with E-state index in [1.54, 1.807) is 12.1 Å². The Bertz CT molecular complexity index is 961. The number of benzene rings is 1. The van der Waals surface area contributed by atoms with E-state index in [0.717, 1.165) is 56.7 Å². The fraction of sp³-hybridized carbons (Fsp3) is 0.615. The molecule has 1 aliphatic heterocycles. The van der Waals surface area contributed by atoms with E-state index in [2.05, 4.69) is 16.7 Å². The van der Waals surface area contributed by atoms with Crippen molar-refractivity contribution < 1.29 is 9.18 Å². The van der Waals surface area contributed by atoms with E-state index >= 15 is 0 Å². The third-order valence-corrected chi connectivity index (χ3v) is 7.38. The Labute approximate surface area is 190 Å². The number of halogens is 1. The quantitative estimate of drug-likeness (QED) is 0.592. The van der Waals surface area contributed by atoms with Crippen molar-refractivity contribution in [2.24, 2.45) is 5.92 Å². The van der Waals surface area contributed by atoms with Crippen LogP contribution in [0.25, 0.3) is 5.69 Å². The van der Waals surface area contributed by atoms with E-state index in [9.17, 15) is 9.18 Å². The second-order valence-electron chi connectivity index (χ2n) is 9.90. The van der Waals surface area contributed by atoms with Gasteiger partial charge >= 0.3 is 0 Å². The SMILES string of the molecule is CCCN1CCc2c(c(CN(C(=O)CC3CCCC3)C3CC3)nn2-c2cccc(F)c2)C1. The van der Waals surface area contributed by atoms with Gasteiger partial charge in [0, 0.05) is 37.5 Å². The molecule has 0 bridgehead atoms. The zero-order valence-corrected chi connectivity index (χ0v) is 19.2. The van der Waals surface area contributed by atoms with Crippen molar-refractivity contribution in [1.82, 2.24) is 19.6 Å². The lowest BCUT2D eigenvalue weighted by Crippen LogP contribution is -2.35. The molecule has 2 saturated carbocycles. The number of rotatable bonds is 8. The molecule has 2 aromatic rings. The van der Waals surface area contributed by atoms with Gasteiger partial charge in [-0.3, -0.25) is 9.69 Å². The fourth-order valence-corrected chi connectivity index (χ4v) is 5.54. The molecule has 5 nitrogen and oxygen atoms in total. The van der Waals surface area contributed by atoms with Crippen LogP contribution in [-0.4, -0.2) is 44.6 Å². The molecule has 32 heavy (non-hydrogen) atoms. The van der Waals surface area contributed by atoms with Crippen molar-refractivity contribution in [2.75, 3.05) is 13.1 Å². The van der Waals surface area contributed by atoms with Crippen LogP contribution in [0.1, 0.15) is 75.2 Å². The van der Waals surface area contributed by atoms with Crippen LogP contribution in [0, 0.1) is 11.7 Å². The van der Waals surface area contributed by atoms with Gasteiger partial charge in [0.05, 0.1) is 23.6 Å². The number of fused-ring (bicyclic) bond motifs is 1. The smallest absolute Gasteiger partial charge is 0.223 e. The molecule has 2 aliphatic carbocycles. The van der Waals surface area contributed by atoms with E-state index in [0.29, 0.717) is 30.8 Å². The Morgan fingerprint density at radius 3 is 2.75 bits per heavy atom. The summed E-state index contributed by atoms with van der Waals surface area (Å²) < 4.78 is 15.9. The first-order chi connectivity index (χ1) is 15.6. The minimum Gasteiger partial charge on any atom is -0.334 e. The Morgan fingerprint density at radius 1 is 1.22 bits per heavy atom. The first-order valence-electron chi connectivity index (χ1n) is 12.5. The maximum atomic E-state index is 14.0. The standard InChI is InChI=1S/C26H35FN4O/c1-2-13-29-14-12-25-23(17-29)24(28-31(25)22-9-5-8-20(27)16-22)18-30(21-10-11-21)26(32)15-19-6-3-4-7-19/h5,8-9,16,19,21H,2-4,6-7,10-15,17-18H2,1H3. The van der Waals surface area contributed by atoms with Gasteiger partial charge in [-0.1, -0.05) is 25.8 Å². The average molecular weight is 439 g/mol. The summed E-state index contributed by atoms with van der Waals surface area (Å²) in [5, 5.41) is 4.99. The lowest BCUT2D eigenvalue weighted by molar-refractivity contribution is -0.133. The van der Waals surface area contributed by atoms with E-state index in [4.69, 9.17) is 5.10 Å². The Balaban J connectivity index is 1.44. The second-order valence-corrected chi connectivity index (χ2v) is 9.90. The number of carbonyl (C=O) groups is 1. The van der Waals surface area contributed by atoms with Crippen molar-refractivity contribution in [3.63, 3.8) is 0 Å². The number of amides is 1. The Hall–Kier alpha value is -2.21.